The van der Waals surface area contributed by atoms with Gasteiger partial charge in [0.25, 0.3) is 11.6 Å². The summed E-state index contributed by atoms with van der Waals surface area (Å²) in [6.45, 7) is 1.63. The fourth-order valence-electron chi connectivity index (χ4n) is 1.97. The highest BCUT2D eigenvalue weighted by molar-refractivity contribution is 9.10. The van der Waals surface area contributed by atoms with Gasteiger partial charge in [-0.15, -0.1) is 0 Å². The van der Waals surface area contributed by atoms with Crippen LogP contribution in [0.5, 0.6) is 5.75 Å². The zero-order valence-corrected chi connectivity index (χ0v) is 16.6. The third-order valence-corrected chi connectivity index (χ3v) is 4.17. The van der Waals surface area contributed by atoms with E-state index in [1.165, 1.54) is 18.2 Å². The molecule has 0 aliphatic heterocycles. The molecule has 2 aromatic rings. The van der Waals surface area contributed by atoms with Gasteiger partial charge in [-0.05, 0) is 55.0 Å². The number of nitro groups is 1. The Kier molecular flexibility index (Phi) is 6.90. The summed E-state index contributed by atoms with van der Waals surface area (Å²) in [5, 5.41) is 16.0. The number of hydrogen-bond donors (Lipinski definition) is 2. The van der Waals surface area contributed by atoms with E-state index >= 15 is 0 Å². The van der Waals surface area contributed by atoms with Crippen LogP contribution >= 0.6 is 39.7 Å². The van der Waals surface area contributed by atoms with Gasteiger partial charge < -0.3 is 10.1 Å². The van der Waals surface area contributed by atoms with Crippen molar-refractivity contribution in [1.29, 1.82) is 0 Å². The van der Waals surface area contributed by atoms with Crippen molar-refractivity contribution in [2.75, 3.05) is 11.9 Å². The van der Waals surface area contributed by atoms with Gasteiger partial charge in [-0.1, -0.05) is 27.5 Å². The molecule has 0 bridgehead atoms. The van der Waals surface area contributed by atoms with Crippen LogP contribution in [0.4, 0.5) is 11.4 Å². The first-order chi connectivity index (χ1) is 12.3. The molecule has 2 N–H and O–H groups in total. The van der Waals surface area contributed by atoms with Crippen LogP contribution < -0.4 is 15.4 Å². The summed E-state index contributed by atoms with van der Waals surface area (Å²) in [6, 6.07) is 9.52. The van der Waals surface area contributed by atoms with E-state index in [1.807, 2.05) is 13.0 Å². The second-order valence-electron chi connectivity index (χ2n) is 5.12. The predicted molar refractivity (Wildman–Crippen MR) is 107 cm³/mol. The number of amides is 1. The maximum absolute atomic E-state index is 11.9. The SMILES string of the molecule is Cc1cc(Br)ccc1OCC(=O)NC(=S)Nc1ccc(Cl)c([N+](=O)[O-])c1. The molecule has 0 heterocycles. The lowest BCUT2D eigenvalue weighted by atomic mass is 10.2. The number of benzene rings is 2. The standard InChI is InChI=1S/C16H13BrClN3O4S/c1-9-6-10(17)2-5-14(9)25-8-15(22)20-16(26)19-11-3-4-12(18)13(7-11)21(23)24/h2-7H,8H2,1H3,(H2,19,20,22,26). The van der Waals surface area contributed by atoms with E-state index in [1.54, 1.807) is 12.1 Å². The predicted octanol–water partition coefficient (Wildman–Crippen LogP) is 4.21. The fourth-order valence-corrected chi connectivity index (χ4v) is 2.87. The van der Waals surface area contributed by atoms with Crippen LogP contribution in [-0.2, 0) is 4.79 Å². The van der Waals surface area contributed by atoms with Crippen LogP contribution in [-0.4, -0.2) is 22.5 Å². The number of carbonyl (C=O) groups is 1. The molecule has 0 spiro atoms. The van der Waals surface area contributed by atoms with Crippen LogP contribution in [0.25, 0.3) is 0 Å². The minimum atomic E-state index is -0.608. The lowest BCUT2D eigenvalue weighted by Gasteiger charge is -2.11. The van der Waals surface area contributed by atoms with E-state index in [4.69, 9.17) is 28.6 Å². The van der Waals surface area contributed by atoms with Crippen molar-refractivity contribution < 1.29 is 14.5 Å². The molecule has 0 radical (unpaired) electrons. The van der Waals surface area contributed by atoms with Crippen molar-refractivity contribution in [3.8, 4) is 5.75 Å². The molecule has 2 rings (SSSR count). The summed E-state index contributed by atoms with van der Waals surface area (Å²) in [4.78, 5) is 22.2. The summed E-state index contributed by atoms with van der Waals surface area (Å²) in [7, 11) is 0. The largest absolute Gasteiger partial charge is 0.483 e. The van der Waals surface area contributed by atoms with Crippen molar-refractivity contribution in [2.45, 2.75) is 6.92 Å². The minimum Gasteiger partial charge on any atom is -0.483 e. The highest BCUT2D eigenvalue weighted by Crippen LogP contribution is 2.27. The third kappa shape index (κ3) is 5.65. The van der Waals surface area contributed by atoms with Gasteiger partial charge in [0.15, 0.2) is 11.7 Å². The number of rotatable bonds is 5. The number of carbonyl (C=O) groups excluding carboxylic acids is 1. The number of ether oxygens (including phenoxy) is 1. The van der Waals surface area contributed by atoms with Crippen molar-refractivity contribution in [1.82, 2.24) is 5.32 Å². The van der Waals surface area contributed by atoms with Crippen LogP contribution in [0.2, 0.25) is 5.02 Å². The molecule has 1 amide bonds. The molecule has 0 saturated carbocycles. The van der Waals surface area contributed by atoms with Gasteiger partial charge in [-0.25, -0.2) is 0 Å². The van der Waals surface area contributed by atoms with Gasteiger partial charge >= 0.3 is 0 Å². The maximum Gasteiger partial charge on any atom is 0.289 e. The van der Waals surface area contributed by atoms with Crippen molar-refractivity contribution in [3.05, 3.63) is 61.6 Å². The Morgan fingerprint density at radius 3 is 2.73 bits per heavy atom. The van der Waals surface area contributed by atoms with Gasteiger partial charge in [-0.2, -0.15) is 0 Å². The Labute approximate surface area is 168 Å². The van der Waals surface area contributed by atoms with Gasteiger partial charge in [0, 0.05) is 16.2 Å². The zero-order chi connectivity index (χ0) is 19.3. The third-order valence-electron chi connectivity index (χ3n) is 3.15. The van der Waals surface area contributed by atoms with E-state index in [0.29, 0.717) is 11.4 Å². The second-order valence-corrected chi connectivity index (χ2v) is 6.86. The molecule has 0 unspecified atom stereocenters. The Bertz CT molecular complexity index is 879. The summed E-state index contributed by atoms with van der Waals surface area (Å²) in [6.07, 6.45) is 0. The normalized spacial score (nSPS) is 10.1. The molecule has 7 nitrogen and oxygen atoms in total. The monoisotopic (exact) mass is 457 g/mol. The second kappa shape index (κ2) is 8.93. The van der Waals surface area contributed by atoms with Gasteiger partial charge in [0.2, 0.25) is 0 Å². The number of nitro benzene ring substituents is 1. The molecule has 26 heavy (non-hydrogen) atoms. The molecule has 0 atom stereocenters. The quantitative estimate of drug-likeness (QED) is 0.396. The average molecular weight is 459 g/mol. The highest BCUT2D eigenvalue weighted by atomic mass is 79.9. The van der Waals surface area contributed by atoms with E-state index < -0.39 is 10.8 Å². The van der Waals surface area contributed by atoms with Crippen molar-refractivity contribution in [2.24, 2.45) is 0 Å². The first-order valence-electron chi connectivity index (χ1n) is 7.20. The molecule has 10 heteroatoms. The average Bonchev–Trinajstić information content (AvgIpc) is 2.55. The van der Waals surface area contributed by atoms with E-state index in [0.717, 1.165) is 10.0 Å². The number of halogens is 2. The topological polar surface area (TPSA) is 93.5 Å². The smallest absolute Gasteiger partial charge is 0.289 e. The fraction of sp³-hybridized carbons (Fsp3) is 0.125. The molecule has 2 aromatic carbocycles. The maximum atomic E-state index is 11.9. The molecular formula is C16H13BrClN3O4S. The number of nitrogens with one attached hydrogen (secondary N) is 2. The molecule has 0 fully saturated rings. The first-order valence-corrected chi connectivity index (χ1v) is 8.78. The Balaban J connectivity index is 1.90. The molecule has 0 aliphatic carbocycles. The van der Waals surface area contributed by atoms with Crippen molar-refractivity contribution in [3.63, 3.8) is 0 Å². The zero-order valence-electron chi connectivity index (χ0n) is 13.4. The summed E-state index contributed by atoms with van der Waals surface area (Å²) >= 11 is 14.1. The lowest BCUT2D eigenvalue weighted by molar-refractivity contribution is -0.384. The van der Waals surface area contributed by atoms with Crippen molar-refractivity contribution >= 4 is 62.1 Å². The van der Waals surface area contributed by atoms with E-state index in [-0.39, 0.29) is 22.4 Å². The first kappa shape index (κ1) is 20.1. The Morgan fingerprint density at radius 1 is 1.35 bits per heavy atom. The lowest BCUT2D eigenvalue weighted by Crippen LogP contribution is -2.37. The van der Waals surface area contributed by atoms with Gasteiger partial charge in [0.05, 0.1) is 4.92 Å². The van der Waals surface area contributed by atoms with E-state index in [9.17, 15) is 14.9 Å². The van der Waals surface area contributed by atoms with Gasteiger partial charge in [-0.3, -0.25) is 20.2 Å². The molecular weight excluding hydrogens is 446 g/mol. The van der Waals surface area contributed by atoms with E-state index in [2.05, 4.69) is 26.6 Å². The molecule has 0 aliphatic rings. The number of anilines is 1. The summed E-state index contributed by atoms with van der Waals surface area (Å²) in [5.74, 6) is 0.115. The molecule has 0 saturated heterocycles. The number of nitrogens with zero attached hydrogens (tertiary/aromatic N) is 1. The molecule has 0 aromatic heterocycles. The number of hydrogen-bond acceptors (Lipinski definition) is 5. The number of aryl methyl sites for hydroxylation is 1. The highest BCUT2D eigenvalue weighted by Gasteiger charge is 2.14. The Hall–Kier alpha value is -2.23. The van der Waals surface area contributed by atoms with Crippen LogP contribution in [0.3, 0.4) is 0 Å². The van der Waals surface area contributed by atoms with Crippen LogP contribution in [0.15, 0.2) is 40.9 Å². The van der Waals surface area contributed by atoms with Gasteiger partial charge in [0.1, 0.15) is 10.8 Å². The van der Waals surface area contributed by atoms with Crippen LogP contribution in [0.1, 0.15) is 5.56 Å². The summed E-state index contributed by atoms with van der Waals surface area (Å²) in [5.41, 5.74) is 0.942. The minimum absolute atomic E-state index is 0.00812. The molecule has 136 valence electrons. The van der Waals surface area contributed by atoms with Crippen LogP contribution in [0, 0.1) is 17.0 Å². The summed E-state index contributed by atoms with van der Waals surface area (Å²) < 4.78 is 6.36. The Morgan fingerprint density at radius 2 is 2.08 bits per heavy atom. The number of thiocarbonyl (C=S) groups is 1.